The van der Waals surface area contributed by atoms with Crippen molar-refractivity contribution in [3.8, 4) is 5.75 Å². The van der Waals surface area contributed by atoms with E-state index in [1.54, 1.807) is 31.4 Å². The molecule has 2 rings (SSSR count). The van der Waals surface area contributed by atoms with Gasteiger partial charge in [0.15, 0.2) is 0 Å². The molecule has 1 saturated heterocycles. The van der Waals surface area contributed by atoms with Crippen molar-refractivity contribution in [1.29, 1.82) is 0 Å². The Morgan fingerprint density at radius 1 is 1.32 bits per heavy atom. The van der Waals surface area contributed by atoms with Crippen LogP contribution in [0.15, 0.2) is 24.3 Å². The van der Waals surface area contributed by atoms with Crippen molar-refractivity contribution in [2.24, 2.45) is 5.92 Å². The van der Waals surface area contributed by atoms with Gasteiger partial charge in [-0.3, -0.25) is 4.79 Å². The van der Waals surface area contributed by atoms with Crippen LogP contribution in [-0.4, -0.2) is 36.9 Å². The summed E-state index contributed by atoms with van der Waals surface area (Å²) in [6.45, 7) is 4.19. The second kappa shape index (κ2) is 7.61. The van der Waals surface area contributed by atoms with Crippen molar-refractivity contribution in [3.05, 3.63) is 29.8 Å². The molecule has 3 atom stereocenters. The molecule has 0 aromatic heterocycles. The number of carbonyl (C=O) groups excluding carboxylic acids is 1. The quantitative estimate of drug-likeness (QED) is 0.873. The summed E-state index contributed by atoms with van der Waals surface area (Å²) in [5, 5.41) is 13.0. The van der Waals surface area contributed by atoms with Crippen molar-refractivity contribution in [2.75, 3.05) is 13.7 Å². The first-order valence-electron chi connectivity index (χ1n) is 7.74. The van der Waals surface area contributed by atoms with Crippen LogP contribution in [0.2, 0.25) is 0 Å². The molecule has 1 aromatic rings. The molecule has 0 radical (unpaired) electrons. The van der Waals surface area contributed by atoms with Crippen LogP contribution in [0, 0.1) is 5.92 Å². The molecule has 1 heterocycles. The highest BCUT2D eigenvalue weighted by atomic mass is 16.5. The van der Waals surface area contributed by atoms with Gasteiger partial charge in [-0.25, -0.2) is 0 Å². The number of rotatable bonds is 5. The molecule has 5 nitrogen and oxygen atoms in total. The van der Waals surface area contributed by atoms with Gasteiger partial charge in [0.05, 0.1) is 25.4 Å². The van der Waals surface area contributed by atoms with Gasteiger partial charge in [-0.1, -0.05) is 12.1 Å². The summed E-state index contributed by atoms with van der Waals surface area (Å²) in [7, 11) is 1.60. The zero-order chi connectivity index (χ0) is 16.1. The minimum absolute atomic E-state index is 0.00504. The number of aliphatic hydroxyl groups excluding tert-OH is 1. The number of amides is 1. The fourth-order valence-electron chi connectivity index (χ4n) is 2.90. The third-order valence-corrected chi connectivity index (χ3v) is 4.04. The van der Waals surface area contributed by atoms with Gasteiger partial charge in [0.2, 0.25) is 5.91 Å². The van der Waals surface area contributed by atoms with Gasteiger partial charge in [-0.05, 0) is 44.4 Å². The van der Waals surface area contributed by atoms with Crippen LogP contribution in [0.4, 0.5) is 0 Å². The Morgan fingerprint density at radius 3 is 2.45 bits per heavy atom. The molecule has 22 heavy (non-hydrogen) atoms. The topological polar surface area (TPSA) is 67.8 Å². The Hall–Kier alpha value is -1.59. The number of aliphatic hydroxyl groups is 1. The highest BCUT2D eigenvalue weighted by molar-refractivity contribution is 5.78. The number of nitrogens with one attached hydrogen (secondary N) is 1. The van der Waals surface area contributed by atoms with Gasteiger partial charge in [-0.2, -0.15) is 0 Å². The third kappa shape index (κ3) is 4.45. The highest BCUT2D eigenvalue weighted by Crippen LogP contribution is 2.25. The van der Waals surface area contributed by atoms with Crippen molar-refractivity contribution >= 4 is 5.91 Å². The summed E-state index contributed by atoms with van der Waals surface area (Å²) < 4.78 is 10.7. The number of carbonyl (C=O) groups is 1. The van der Waals surface area contributed by atoms with Gasteiger partial charge >= 0.3 is 0 Å². The number of methoxy groups -OCH3 is 1. The standard InChI is InChI=1S/C17H25NO4/c1-11-8-14(9-12(2)22-11)17(20)18-10-16(19)13-4-6-15(21-3)7-5-13/h4-7,11-12,14,16,19H,8-10H2,1-3H3,(H,18,20). The van der Waals surface area contributed by atoms with E-state index in [9.17, 15) is 9.90 Å². The van der Waals surface area contributed by atoms with E-state index in [0.29, 0.717) is 0 Å². The lowest BCUT2D eigenvalue weighted by molar-refractivity contribution is -0.133. The van der Waals surface area contributed by atoms with E-state index in [1.807, 2.05) is 13.8 Å². The summed E-state index contributed by atoms with van der Waals surface area (Å²) in [6, 6.07) is 7.19. The lowest BCUT2D eigenvalue weighted by Gasteiger charge is -2.31. The highest BCUT2D eigenvalue weighted by Gasteiger charge is 2.29. The molecule has 122 valence electrons. The first kappa shape index (κ1) is 16.8. The molecule has 1 aliphatic heterocycles. The zero-order valence-electron chi connectivity index (χ0n) is 13.4. The van der Waals surface area contributed by atoms with E-state index in [4.69, 9.17) is 9.47 Å². The smallest absolute Gasteiger partial charge is 0.223 e. The SMILES string of the molecule is COc1ccc(C(O)CNC(=O)C2CC(C)OC(C)C2)cc1. The Kier molecular flexibility index (Phi) is 5.80. The average Bonchev–Trinajstić information content (AvgIpc) is 2.51. The lowest BCUT2D eigenvalue weighted by Crippen LogP contribution is -2.40. The number of ether oxygens (including phenoxy) is 2. The van der Waals surface area contributed by atoms with Gasteiger partial charge in [0.1, 0.15) is 5.75 Å². The molecular weight excluding hydrogens is 282 g/mol. The predicted octanol–water partition coefficient (Wildman–Crippen LogP) is 2.05. The second-order valence-electron chi connectivity index (χ2n) is 5.96. The minimum atomic E-state index is -0.718. The lowest BCUT2D eigenvalue weighted by atomic mass is 9.92. The molecule has 1 aromatic carbocycles. The molecular formula is C17H25NO4. The van der Waals surface area contributed by atoms with Crippen LogP contribution in [0.1, 0.15) is 38.4 Å². The molecule has 0 spiro atoms. The summed E-state index contributed by atoms with van der Waals surface area (Å²) >= 11 is 0. The van der Waals surface area contributed by atoms with E-state index < -0.39 is 6.10 Å². The van der Waals surface area contributed by atoms with Crippen molar-refractivity contribution < 1.29 is 19.4 Å². The van der Waals surface area contributed by atoms with Crippen LogP contribution in [0.5, 0.6) is 5.75 Å². The van der Waals surface area contributed by atoms with Crippen molar-refractivity contribution in [3.63, 3.8) is 0 Å². The van der Waals surface area contributed by atoms with Crippen LogP contribution in [0.3, 0.4) is 0 Å². The fraction of sp³-hybridized carbons (Fsp3) is 0.588. The number of hydrogen-bond donors (Lipinski definition) is 2. The number of benzene rings is 1. The zero-order valence-corrected chi connectivity index (χ0v) is 13.4. The molecule has 5 heteroatoms. The van der Waals surface area contributed by atoms with Crippen molar-refractivity contribution in [1.82, 2.24) is 5.32 Å². The maximum Gasteiger partial charge on any atom is 0.223 e. The van der Waals surface area contributed by atoms with Crippen LogP contribution >= 0.6 is 0 Å². The molecule has 1 aliphatic rings. The molecule has 0 saturated carbocycles. The normalized spacial score (nSPS) is 26.3. The summed E-state index contributed by atoms with van der Waals surface area (Å²) in [4.78, 5) is 12.2. The van der Waals surface area contributed by atoms with Crippen LogP contribution in [0.25, 0.3) is 0 Å². The Bertz CT molecular complexity index is 478. The molecule has 2 N–H and O–H groups in total. The van der Waals surface area contributed by atoms with Crippen LogP contribution in [-0.2, 0) is 9.53 Å². The van der Waals surface area contributed by atoms with E-state index in [2.05, 4.69) is 5.32 Å². The Morgan fingerprint density at radius 2 is 1.91 bits per heavy atom. The van der Waals surface area contributed by atoms with Gasteiger partial charge < -0.3 is 19.9 Å². The monoisotopic (exact) mass is 307 g/mol. The first-order valence-corrected chi connectivity index (χ1v) is 7.74. The third-order valence-electron chi connectivity index (χ3n) is 4.04. The molecule has 0 aliphatic carbocycles. The summed E-state index contributed by atoms with van der Waals surface area (Å²) in [5.41, 5.74) is 0.759. The fourth-order valence-corrected chi connectivity index (χ4v) is 2.90. The maximum atomic E-state index is 12.2. The minimum Gasteiger partial charge on any atom is -0.497 e. The molecule has 0 bridgehead atoms. The van der Waals surface area contributed by atoms with E-state index in [-0.39, 0.29) is 30.6 Å². The first-order chi connectivity index (χ1) is 10.5. The maximum absolute atomic E-state index is 12.2. The second-order valence-corrected chi connectivity index (χ2v) is 5.96. The van der Waals surface area contributed by atoms with E-state index in [1.165, 1.54) is 0 Å². The van der Waals surface area contributed by atoms with Gasteiger partial charge in [-0.15, -0.1) is 0 Å². The predicted molar refractivity (Wildman–Crippen MR) is 83.7 cm³/mol. The molecule has 1 fully saturated rings. The average molecular weight is 307 g/mol. The molecule has 3 unspecified atom stereocenters. The number of hydrogen-bond acceptors (Lipinski definition) is 4. The van der Waals surface area contributed by atoms with Gasteiger partial charge in [0, 0.05) is 12.5 Å². The largest absolute Gasteiger partial charge is 0.497 e. The van der Waals surface area contributed by atoms with Crippen LogP contribution < -0.4 is 10.1 Å². The Balaban J connectivity index is 1.84. The van der Waals surface area contributed by atoms with E-state index >= 15 is 0 Å². The van der Waals surface area contributed by atoms with Crippen molar-refractivity contribution in [2.45, 2.75) is 45.0 Å². The summed E-state index contributed by atoms with van der Waals surface area (Å²) in [6.07, 6.45) is 0.949. The summed E-state index contributed by atoms with van der Waals surface area (Å²) in [5.74, 6) is 0.696. The van der Waals surface area contributed by atoms with E-state index in [0.717, 1.165) is 24.2 Å². The molecule has 1 amide bonds. The Labute approximate surface area is 131 Å². The van der Waals surface area contributed by atoms with Gasteiger partial charge in [0.25, 0.3) is 0 Å².